The van der Waals surface area contributed by atoms with Gasteiger partial charge in [0.1, 0.15) is 0 Å². The first kappa shape index (κ1) is 15.5. The number of rotatable bonds is 6. The molecule has 0 atom stereocenters. The van der Waals surface area contributed by atoms with Gasteiger partial charge in [-0.25, -0.2) is 8.42 Å². The summed E-state index contributed by atoms with van der Waals surface area (Å²) in [6.45, 7) is 1.42. The minimum atomic E-state index is -4.06. The molecule has 94 valence electrons. The molecule has 0 radical (unpaired) electrons. The van der Waals surface area contributed by atoms with Crippen LogP contribution in [-0.4, -0.2) is 37.2 Å². The zero-order valence-electron chi connectivity index (χ0n) is 9.55. The van der Waals surface area contributed by atoms with Crippen LogP contribution in [0.25, 0.3) is 0 Å². The van der Waals surface area contributed by atoms with E-state index in [1.807, 2.05) is 23.4 Å². The smallest absolute Gasteiger partial charge is 0.0946 e. The van der Waals surface area contributed by atoms with Gasteiger partial charge < -0.3 is 15.6 Å². The molecule has 1 heterocycles. The van der Waals surface area contributed by atoms with Gasteiger partial charge in [-0.2, -0.15) is 11.3 Å². The van der Waals surface area contributed by atoms with Crippen LogP contribution in [0.15, 0.2) is 16.8 Å². The lowest BCUT2D eigenvalue weighted by Gasteiger charge is -2.16. The molecular weight excluding hydrogens is 248 g/mol. The molecule has 7 heteroatoms. The molecule has 1 aromatic rings. The Kier molecular flexibility index (Phi) is 6.77. The highest BCUT2D eigenvalue weighted by Gasteiger charge is 2.02. The van der Waals surface area contributed by atoms with Gasteiger partial charge in [-0.3, -0.25) is 0 Å². The van der Waals surface area contributed by atoms with E-state index in [0.717, 1.165) is 6.54 Å². The van der Waals surface area contributed by atoms with Crippen LogP contribution in [0.4, 0.5) is 0 Å². The second kappa shape index (κ2) is 6.97. The van der Waals surface area contributed by atoms with Crippen LogP contribution >= 0.6 is 11.3 Å². The van der Waals surface area contributed by atoms with Gasteiger partial charge in [-0.05, 0) is 42.4 Å². The van der Waals surface area contributed by atoms with Crippen LogP contribution in [0, 0.1) is 0 Å². The highest BCUT2D eigenvalue weighted by molar-refractivity contribution is 7.85. The molecule has 0 saturated carbocycles. The van der Waals surface area contributed by atoms with E-state index in [-0.39, 0.29) is 11.9 Å². The molecule has 0 fully saturated rings. The lowest BCUT2D eigenvalue weighted by molar-refractivity contribution is 0.326. The van der Waals surface area contributed by atoms with E-state index in [1.165, 1.54) is 5.56 Å². The van der Waals surface area contributed by atoms with Crippen molar-refractivity contribution >= 4 is 21.5 Å². The summed E-state index contributed by atoms with van der Waals surface area (Å²) in [5.41, 5.74) is 1.22. The van der Waals surface area contributed by atoms with E-state index in [0.29, 0.717) is 13.0 Å². The normalized spacial score (nSPS) is 11.4. The molecule has 1 aromatic heterocycles. The number of hydrogen-bond acceptors (Lipinski definition) is 5. The van der Waals surface area contributed by atoms with Crippen LogP contribution in [0.2, 0.25) is 0 Å². The van der Waals surface area contributed by atoms with E-state index in [9.17, 15) is 13.0 Å². The summed E-state index contributed by atoms with van der Waals surface area (Å²) in [4.78, 5) is 2.01. The van der Waals surface area contributed by atoms with Crippen LogP contribution in [0.1, 0.15) is 12.0 Å². The van der Waals surface area contributed by atoms with Gasteiger partial charge in [0.25, 0.3) is 0 Å². The highest BCUT2D eigenvalue weighted by atomic mass is 32.2. The van der Waals surface area contributed by atoms with Crippen LogP contribution in [-0.2, 0) is 16.7 Å². The molecule has 0 aliphatic carbocycles. The zero-order valence-corrected chi connectivity index (χ0v) is 11.2. The van der Waals surface area contributed by atoms with Crippen molar-refractivity contribution < 1.29 is 13.0 Å². The molecule has 0 unspecified atom stereocenters. The summed E-state index contributed by atoms with van der Waals surface area (Å²) in [5.74, 6) is -0.277. The maximum atomic E-state index is 10.4. The molecule has 0 spiro atoms. The van der Waals surface area contributed by atoms with Crippen LogP contribution < -0.4 is 6.15 Å². The Morgan fingerprint density at radius 1 is 1.50 bits per heavy atom. The van der Waals surface area contributed by atoms with Crippen molar-refractivity contribution in [2.75, 3.05) is 19.3 Å². The Morgan fingerprint density at radius 2 is 2.19 bits per heavy atom. The average molecular weight is 266 g/mol. The lowest BCUT2D eigenvalue weighted by Crippen LogP contribution is -2.21. The van der Waals surface area contributed by atoms with E-state index in [2.05, 4.69) is 5.38 Å². The number of nitrogens with zero attached hydrogens (tertiary/aromatic N) is 1. The molecule has 4 N–H and O–H groups in total. The quantitative estimate of drug-likeness (QED) is 0.789. The first-order valence-corrected chi connectivity index (χ1v) is 7.12. The number of quaternary nitrogens is 1. The van der Waals surface area contributed by atoms with Gasteiger partial charge in [-0.1, -0.05) is 0 Å². The maximum absolute atomic E-state index is 10.4. The molecule has 0 bridgehead atoms. The van der Waals surface area contributed by atoms with Gasteiger partial charge in [-0.15, -0.1) is 0 Å². The number of thiophene rings is 1. The number of hydrogen-bond donors (Lipinski definition) is 1. The second-order valence-corrected chi connectivity index (χ2v) is 5.79. The molecule has 0 aliphatic heterocycles. The third-order valence-electron chi connectivity index (χ3n) is 1.97. The van der Waals surface area contributed by atoms with Crippen molar-refractivity contribution in [3.8, 4) is 0 Å². The van der Waals surface area contributed by atoms with Gasteiger partial charge >= 0.3 is 0 Å². The first-order chi connectivity index (χ1) is 6.97. The van der Waals surface area contributed by atoms with Gasteiger partial charge in [0.2, 0.25) is 0 Å². The van der Waals surface area contributed by atoms with Crippen molar-refractivity contribution in [3.63, 3.8) is 0 Å². The standard InChI is InChI=1S/C9H15NO3S2.H3N/c1-10(4-2-6-15(11,12)13)7-9-3-5-14-8-9;/h3,5,8H,2,4,6-7H2,1H3,(H,11,12,13);1H3. The van der Waals surface area contributed by atoms with Crippen molar-refractivity contribution in [2.24, 2.45) is 0 Å². The minimum Gasteiger partial charge on any atom is -0.748 e. The van der Waals surface area contributed by atoms with Gasteiger partial charge in [0.05, 0.1) is 10.1 Å². The Balaban J connectivity index is 0.00000225. The summed E-state index contributed by atoms with van der Waals surface area (Å²) < 4.78 is 31.1. The fourth-order valence-corrected chi connectivity index (χ4v) is 2.43. The maximum Gasteiger partial charge on any atom is 0.0946 e. The largest absolute Gasteiger partial charge is 0.748 e. The molecule has 0 aliphatic rings. The minimum absolute atomic E-state index is 0. The SMILES string of the molecule is CN(CCCS(=O)(=O)[O-])Cc1ccsc1.[NH4+]. The average Bonchev–Trinajstić information content (AvgIpc) is 2.54. The van der Waals surface area contributed by atoms with Crippen LogP contribution in [0.5, 0.6) is 0 Å². The van der Waals surface area contributed by atoms with E-state index < -0.39 is 10.1 Å². The summed E-state index contributed by atoms with van der Waals surface area (Å²) in [5, 5.41) is 4.06. The zero-order chi connectivity index (χ0) is 11.3. The fraction of sp³-hybridized carbons (Fsp3) is 0.556. The fourth-order valence-electron chi connectivity index (χ4n) is 1.28. The Hall–Kier alpha value is -0.470. The molecular formula is C9H18N2O3S2. The molecule has 0 aromatic carbocycles. The topological polar surface area (TPSA) is 96.9 Å². The third kappa shape index (κ3) is 6.91. The van der Waals surface area contributed by atoms with Crippen molar-refractivity contribution in [2.45, 2.75) is 13.0 Å². The molecule has 0 amide bonds. The Labute approximate surface area is 100 Å². The van der Waals surface area contributed by atoms with Crippen molar-refractivity contribution in [3.05, 3.63) is 22.4 Å². The monoisotopic (exact) mass is 266 g/mol. The summed E-state index contributed by atoms with van der Waals surface area (Å²) in [6.07, 6.45) is 0.395. The molecule has 0 saturated heterocycles. The summed E-state index contributed by atoms with van der Waals surface area (Å²) in [7, 11) is -2.14. The Bertz CT molecular complexity index is 375. The van der Waals surface area contributed by atoms with Gasteiger partial charge in [0.15, 0.2) is 0 Å². The third-order valence-corrected chi connectivity index (χ3v) is 3.49. The molecule has 16 heavy (non-hydrogen) atoms. The predicted octanol–water partition coefficient (Wildman–Crippen LogP) is 1.49. The highest BCUT2D eigenvalue weighted by Crippen LogP contribution is 2.08. The van der Waals surface area contributed by atoms with E-state index in [1.54, 1.807) is 11.3 Å². The van der Waals surface area contributed by atoms with Crippen LogP contribution in [0.3, 0.4) is 0 Å². The summed E-state index contributed by atoms with van der Waals surface area (Å²) >= 11 is 1.64. The molecule has 1 rings (SSSR count). The van der Waals surface area contributed by atoms with Gasteiger partial charge in [0, 0.05) is 12.3 Å². The summed E-state index contributed by atoms with van der Waals surface area (Å²) in [6, 6.07) is 2.03. The van der Waals surface area contributed by atoms with E-state index in [4.69, 9.17) is 0 Å². The lowest BCUT2D eigenvalue weighted by atomic mass is 10.3. The van der Waals surface area contributed by atoms with E-state index >= 15 is 0 Å². The van der Waals surface area contributed by atoms with Crippen molar-refractivity contribution in [1.82, 2.24) is 11.1 Å². The molecule has 5 nitrogen and oxygen atoms in total. The first-order valence-electron chi connectivity index (χ1n) is 4.60. The predicted molar refractivity (Wildman–Crippen MR) is 65.8 cm³/mol. The van der Waals surface area contributed by atoms with Crippen molar-refractivity contribution in [1.29, 1.82) is 0 Å². The second-order valence-electron chi connectivity index (χ2n) is 3.48. The Morgan fingerprint density at radius 3 is 2.69 bits per heavy atom.